The van der Waals surface area contributed by atoms with Crippen molar-refractivity contribution < 1.29 is 9.53 Å². The quantitative estimate of drug-likeness (QED) is 0.790. The smallest absolute Gasteiger partial charge is 0.338 e. The van der Waals surface area contributed by atoms with Crippen LogP contribution in [0.3, 0.4) is 0 Å². The first-order valence-electron chi connectivity index (χ1n) is 6.86. The molecule has 0 bridgehead atoms. The molecule has 0 amide bonds. The van der Waals surface area contributed by atoms with Crippen molar-refractivity contribution in [1.82, 2.24) is 9.97 Å². The lowest BCUT2D eigenvalue weighted by molar-refractivity contribution is 0.0600. The van der Waals surface area contributed by atoms with Gasteiger partial charge >= 0.3 is 5.97 Å². The maximum absolute atomic E-state index is 11.6. The van der Waals surface area contributed by atoms with Crippen LogP contribution < -0.4 is 4.90 Å². The molecule has 2 heterocycles. The van der Waals surface area contributed by atoms with Crippen LogP contribution in [-0.2, 0) is 11.3 Å². The van der Waals surface area contributed by atoms with Crippen LogP contribution in [0.25, 0.3) is 0 Å². The lowest BCUT2D eigenvalue weighted by Gasteiger charge is -2.22. The number of methoxy groups -OCH3 is 1. The number of hydrogen-bond acceptors (Lipinski definition) is 5. The van der Waals surface area contributed by atoms with Gasteiger partial charge in [-0.1, -0.05) is 6.07 Å². The SMILES string of the molecule is CCN(Cc1cccc(C)n1)c1cc(C(=O)OC)ccn1. The number of aromatic nitrogens is 2. The Morgan fingerprint density at radius 2 is 2.14 bits per heavy atom. The lowest BCUT2D eigenvalue weighted by atomic mass is 10.2. The summed E-state index contributed by atoms with van der Waals surface area (Å²) < 4.78 is 4.74. The number of aryl methyl sites for hydroxylation is 1. The number of ether oxygens (including phenoxy) is 1. The molecule has 0 saturated carbocycles. The molecule has 5 heteroatoms. The molecule has 0 atom stereocenters. The minimum Gasteiger partial charge on any atom is -0.465 e. The van der Waals surface area contributed by atoms with Gasteiger partial charge in [0.05, 0.1) is 24.9 Å². The predicted octanol–water partition coefficient (Wildman–Crippen LogP) is 2.60. The van der Waals surface area contributed by atoms with E-state index in [9.17, 15) is 4.79 Å². The number of pyridine rings is 2. The number of carbonyl (C=O) groups excluding carboxylic acids is 1. The molecule has 0 unspecified atom stereocenters. The summed E-state index contributed by atoms with van der Waals surface area (Å²) in [6.45, 7) is 5.43. The molecular weight excluding hydrogens is 266 g/mol. The molecule has 5 nitrogen and oxygen atoms in total. The van der Waals surface area contributed by atoms with E-state index in [1.807, 2.05) is 32.0 Å². The van der Waals surface area contributed by atoms with E-state index in [1.165, 1.54) is 7.11 Å². The highest BCUT2D eigenvalue weighted by atomic mass is 16.5. The molecule has 2 aromatic rings. The van der Waals surface area contributed by atoms with Crippen LogP contribution in [0.1, 0.15) is 28.7 Å². The van der Waals surface area contributed by atoms with Gasteiger partial charge < -0.3 is 9.64 Å². The summed E-state index contributed by atoms with van der Waals surface area (Å²) in [6.07, 6.45) is 1.62. The Morgan fingerprint density at radius 1 is 1.33 bits per heavy atom. The fraction of sp³-hybridized carbons (Fsp3) is 0.312. The summed E-state index contributed by atoms with van der Waals surface area (Å²) in [4.78, 5) is 22.5. The van der Waals surface area contributed by atoms with Gasteiger partial charge in [0.2, 0.25) is 0 Å². The minimum atomic E-state index is -0.358. The topological polar surface area (TPSA) is 55.3 Å². The third kappa shape index (κ3) is 3.78. The van der Waals surface area contributed by atoms with Crippen molar-refractivity contribution in [2.45, 2.75) is 20.4 Å². The molecule has 2 aromatic heterocycles. The Bertz CT molecular complexity index is 628. The minimum absolute atomic E-state index is 0.358. The first-order valence-corrected chi connectivity index (χ1v) is 6.86. The van der Waals surface area contributed by atoms with Crippen molar-refractivity contribution in [3.8, 4) is 0 Å². The van der Waals surface area contributed by atoms with E-state index in [0.29, 0.717) is 12.1 Å². The first kappa shape index (κ1) is 15.0. The Kier molecular flexibility index (Phi) is 4.87. The highest BCUT2D eigenvalue weighted by molar-refractivity contribution is 5.90. The molecule has 0 spiro atoms. The van der Waals surface area contributed by atoms with Gasteiger partial charge in [-0.3, -0.25) is 4.98 Å². The van der Waals surface area contributed by atoms with Crippen LogP contribution in [0, 0.1) is 6.92 Å². The molecule has 0 aliphatic heterocycles. The van der Waals surface area contributed by atoms with Crippen LogP contribution in [0.4, 0.5) is 5.82 Å². The molecule has 110 valence electrons. The third-order valence-corrected chi connectivity index (χ3v) is 3.17. The van der Waals surface area contributed by atoms with E-state index >= 15 is 0 Å². The van der Waals surface area contributed by atoms with Crippen molar-refractivity contribution >= 4 is 11.8 Å². The Balaban J connectivity index is 2.23. The predicted molar refractivity (Wildman–Crippen MR) is 81.3 cm³/mol. The molecule has 0 aliphatic carbocycles. The second kappa shape index (κ2) is 6.83. The highest BCUT2D eigenvalue weighted by Crippen LogP contribution is 2.16. The zero-order valence-corrected chi connectivity index (χ0v) is 12.5. The van der Waals surface area contributed by atoms with Gasteiger partial charge in [0.25, 0.3) is 0 Å². The van der Waals surface area contributed by atoms with E-state index in [2.05, 4.69) is 14.9 Å². The molecule has 0 fully saturated rings. The van der Waals surface area contributed by atoms with Crippen LogP contribution in [0.2, 0.25) is 0 Å². The van der Waals surface area contributed by atoms with Crippen LogP contribution in [0.5, 0.6) is 0 Å². The largest absolute Gasteiger partial charge is 0.465 e. The second-order valence-electron chi connectivity index (χ2n) is 4.68. The Hall–Kier alpha value is -2.43. The van der Waals surface area contributed by atoms with Crippen LogP contribution >= 0.6 is 0 Å². The monoisotopic (exact) mass is 285 g/mol. The van der Waals surface area contributed by atoms with Gasteiger partial charge in [0.1, 0.15) is 5.82 Å². The van der Waals surface area contributed by atoms with E-state index < -0.39 is 0 Å². The zero-order valence-electron chi connectivity index (χ0n) is 12.5. The third-order valence-electron chi connectivity index (χ3n) is 3.17. The number of nitrogens with zero attached hydrogens (tertiary/aromatic N) is 3. The fourth-order valence-corrected chi connectivity index (χ4v) is 2.07. The maximum Gasteiger partial charge on any atom is 0.338 e. The van der Waals surface area contributed by atoms with Crippen molar-refractivity contribution in [1.29, 1.82) is 0 Å². The average molecular weight is 285 g/mol. The van der Waals surface area contributed by atoms with Gasteiger partial charge in [-0.15, -0.1) is 0 Å². The number of esters is 1. The Morgan fingerprint density at radius 3 is 2.81 bits per heavy atom. The van der Waals surface area contributed by atoms with Gasteiger partial charge in [0.15, 0.2) is 0 Å². The van der Waals surface area contributed by atoms with Gasteiger partial charge in [0, 0.05) is 18.4 Å². The lowest BCUT2D eigenvalue weighted by Crippen LogP contribution is -2.24. The summed E-state index contributed by atoms with van der Waals surface area (Å²) in [7, 11) is 1.37. The van der Waals surface area contributed by atoms with E-state index in [-0.39, 0.29) is 5.97 Å². The molecule has 0 saturated heterocycles. The summed E-state index contributed by atoms with van der Waals surface area (Å²) in [5.41, 5.74) is 2.46. The summed E-state index contributed by atoms with van der Waals surface area (Å²) in [6, 6.07) is 9.33. The van der Waals surface area contributed by atoms with Crippen LogP contribution in [0.15, 0.2) is 36.5 Å². The number of rotatable bonds is 5. The van der Waals surface area contributed by atoms with E-state index in [4.69, 9.17) is 4.74 Å². The van der Waals surface area contributed by atoms with Gasteiger partial charge in [-0.2, -0.15) is 0 Å². The van der Waals surface area contributed by atoms with Crippen molar-refractivity contribution in [3.63, 3.8) is 0 Å². The summed E-state index contributed by atoms with van der Waals surface area (Å²) in [5, 5.41) is 0. The summed E-state index contributed by atoms with van der Waals surface area (Å²) in [5.74, 6) is 0.382. The molecule has 0 aliphatic rings. The molecule has 0 N–H and O–H groups in total. The normalized spacial score (nSPS) is 10.2. The molecular formula is C16H19N3O2. The fourth-order valence-electron chi connectivity index (χ4n) is 2.07. The Labute approximate surface area is 124 Å². The summed E-state index contributed by atoms with van der Waals surface area (Å²) >= 11 is 0. The van der Waals surface area contributed by atoms with Crippen molar-refractivity contribution in [2.75, 3.05) is 18.6 Å². The average Bonchev–Trinajstić information content (AvgIpc) is 2.52. The van der Waals surface area contributed by atoms with Crippen molar-refractivity contribution in [2.24, 2.45) is 0 Å². The van der Waals surface area contributed by atoms with E-state index in [1.54, 1.807) is 18.3 Å². The second-order valence-corrected chi connectivity index (χ2v) is 4.68. The van der Waals surface area contributed by atoms with Gasteiger partial charge in [-0.25, -0.2) is 9.78 Å². The highest BCUT2D eigenvalue weighted by Gasteiger charge is 2.11. The first-order chi connectivity index (χ1) is 10.1. The van der Waals surface area contributed by atoms with Gasteiger partial charge in [-0.05, 0) is 38.1 Å². The standard InChI is InChI=1S/C16H19N3O2/c1-4-19(11-14-7-5-6-12(2)18-14)15-10-13(8-9-17-15)16(20)21-3/h5-10H,4,11H2,1-3H3. The van der Waals surface area contributed by atoms with Crippen LogP contribution in [-0.4, -0.2) is 29.6 Å². The molecule has 0 radical (unpaired) electrons. The van der Waals surface area contributed by atoms with Crippen molar-refractivity contribution in [3.05, 3.63) is 53.5 Å². The zero-order chi connectivity index (χ0) is 15.2. The molecule has 2 rings (SSSR count). The molecule has 0 aromatic carbocycles. The number of carbonyl (C=O) groups is 1. The number of hydrogen-bond donors (Lipinski definition) is 0. The number of anilines is 1. The van der Waals surface area contributed by atoms with E-state index in [0.717, 1.165) is 23.8 Å². The maximum atomic E-state index is 11.6. The molecule has 21 heavy (non-hydrogen) atoms.